The van der Waals surface area contributed by atoms with Gasteiger partial charge in [-0.25, -0.2) is 0 Å². The first-order chi connectivity index (χ1) is 21.3. The molecule has 0 saturated carbocycles. The van der Waals surface area contributed by atoms with Crippen LogP contribution in [0.5, 0.6) is 0 Å². The molecule has 14 N–H and O–H groups in total. The average Bonchev–Trinajstić information content (AvgIpc) is 3.03. The molecule has 45 heavy (non-hydrogen) atoms. The minimum absolute atomic E-state index is 0.784. The molecule has 0 aromatic rings. The largest absolute Gasteiger partial charge is 0.394 e. The Hall–Kier alpha value is -0.840. The van der Waals surface area contributed by atoms with Crippen molar-refractivity contribution in [1.82, 2.24) is 0 Å². The van der Waals surface area contributed by atoms with Gasteiger partial charge in [0.25, 0.3) is 0 Å². The van der Waals surface area contributed by atoms with Gasteiger partial charge in [-0.1, -0.05) is 0 Å². The third-order valence-corrected chi connectivity index (χ3v) is 8.20. The van der Waals surface area contributed by atoms with Crippen LogP contribution in [0, 0.1) is 0 Å². The van der Waals surface area contributed by atoms with Crippen molar-refractivity contribution >= 4 is 0 Å². The van der Waals surface area contributed by atoms with E-state index in [1.54, 1.807) is 0 Å². The lowest BCUT2D eigenvalue weighted by Crippen LogP contribution is -2.67. The van der Waals surface area contributed by atoms with Crippen LogP contribution in [0.1, 0.15) is 0 Å². The van der Waals surface area contributed by atoms with Gasteiger partial charge in [0.1, 0.15) is 97.7 Å². The van der Waals surface area contributed by atoms with Crippen LogP contribution in [0.2, 0.25) is 0 Å². The molecule has 20 atom stereocenters. The van der Waals surface area contributed by atoms with E-state index in [0.29, 0.717) is 0 Å². The third kappa shape index (κ3) is 7.44. The topological polar surface area (TPSA) is 348 Å². The normalized spacial score (nSPS) is 52.9. The molecule has 264 valence electrons. The van der Waals surface area contributed by atoms with Gasteiger partial charge >= 0.3 is 0 Å². The molecule has 1 unspecified atom stereocenters. The molecule has 4 aliphatic heterocycles. The summed E-state index contributed by atoms with van der Waals surface area (Å²) in [6, 6.07) is 0. The first kappa shape index (κ1) is 37.0. The second kappa shape index (κ2) is 15.6. The van der Waals surface area contributed by atoms with Crippen molar-refractivity contribution in [1.29, 1.82) is 0 Å². The maximum atomic E-state index is 10.9. The Bertz CT molecular complexity index is 910. The van der Waals surface area contributed by atoms with E-state index < -0.39 is 149 Å². The molecular weight excluding hydrogens is 624 g/mol. The summed E-state index contributed by atoms with van der Waals surface area (Å²) in [6.45, 7) is -3.39. The number of hydrogen-bond donors (Lipinski definition) is 14. The molecule has 4 aliphatic rings. The average molecular weight is 667 g/mol. The predicted octanol–water partition coefficient (Wildman–Crippen LogP) is -9.75. The summed E-state index contributed by atoms with van der Waals surface area (Å²) < 4.78 is 37.7. The van der Waals surface area contributed by atoms with Gasteiger partial charge in [-0.2, -0.15) is 0 Å². The van der Waals surface area contributed by atoms with Crippen molar-refractivity contribution < 1.29 is 105 Å². The van der Waals surface area contributed by atoms with Crippen LogP contribution in [0.4, 0.5) is 0 Å². The lowest BCUT2D eigenvalue weighted by atomic mass is 9.95. The Morgan fingerprint density at radius 3 is 1.02 bits per heavy atom. The number of ether oxygens (including phenoxy) is 7. The van der Waals surface area contributed by atoms with Crippen molar-refractivity contribution in [3.05, 3.63) is 0 Å². The van der Waals surface area contributed by atoms with E-state index in [2.05, 4.69) is 0 Å². The van der Waals surface area contributed by atoms with Crippen LogP contribution in [0.3, 0.4) is 0 Å². The highest BCUT2D eigenvalue weighted by atomic mass is 16.8. The minimum atomic E-state index is -2.02. The lowest BCUT2D eigenvalue weighted by Gasteiger charge is -2.49. The molecule has 0 aliphatic carbocycles. The Morgan fingerprint density at radius 1 is 0.333 bits per heavy atom. The highest BCUT2D eigenvalue weighted by Gasteiger charge is 2.55. The Balaban J connectivity index is 1.43. The highest BCUT2D eigenvalue weighted by Crippen LogP contribution is 2.34. The minimum Gasteiger partial charge on any atom is -0.394 e. The van der Waals surface area contributed by atoms with Crippen molar-refractivity contribution in [3.63, 3.8) is 0 Å². The molecule has 4 fully saturated rings. The second-order valence-corrected chi connectivity index (χ2v) is 11.1. The summed E-state index contributed by atoms with van der Waals surface area (Å²) in [4.78, 5) is 0. The maximum Gasteiger partial charge on any atom is 0.187 e. The first-order valence-corrected chi connectivity index (χ1v) is 14.1. The van der Waals surface area contributed by atoms with Crippen LogP contribution in [0.25, 0.3) is 0 Å². The predicted molar refractivity (Wildman–Crippen MR) is 134 cm³/mol. The molecule has 0 radical (unpaired) electrons. The van der Waals surface area contributed by atoms with Crippen molar-refractivity contribution in [2.75, 3.05) is 26.4 Å². The van der Waals surface area contributed by atoms with Gasteiger partial charge in [-0.3, -0.25) is 0 Å². The first-order valence-electron chi connectivity index (χ1n) is 14.1. The van der Waals surface area contributed by atoms with Crippen molar-refractivity contribution in [3.8, 4) is 0 Å². The van der Waals surface area contributed by atoms with Crippen LogP contribution in [0.15, 0.2) is 0 Å². The summed E-state index contributed by atoms with van der Waals surface area (Å²) in [6.07, 6.45) is -35.3. The van der Waals surface area contributed by atoms with Crippen LogP contribution < -0.4 is 0 Å². The molecule has 21 nitrogen and oxygen atoms in total. The van der Waals surface area contributed by atoms with Crippen molar-refractivity contribution in [2.45, 2.75) is 123 Å². The Kier molecular flexibility index (Phi) is 12.8. The molecule has 4 heterocycles. The van der Waals surface area contributed by atoms with Gasteiger partial charge in [0.2, 0.25) is 0 Å². The Morgan fingerprint density at radius 2 is 0.644 bits per heavy atom. The lowest BCUT2D eigenvalue weighted by molar-refractivity contribution is -0.387. The molecule has 0 aromatic heterocycles. The molecule has 0 aromatic carbocycles. The number of hydrogen-bond acceptors (Lipinski definition) is 21. The standard InChI is InChI=1S/C24H42O21/c25-1-5-9(29)10(30)15(35)22(40-5)44-19-7(3-27)42-24(17(37)12(19)32)45-20-8(4-28)41-23(16(36)13(20)33)43-18-6(2-26)39-21(38)14(34)11(18)31/h5-38H,1-4H2/t5-,6-,7-,8-,9-,10+,11-,12-,13-,14-,15-,16-,17-,18-,19-,20-,21?,22-,23+,24-/m1/s1. The molecule has 0 spiro atoms. The van der Waals surface area contributed by atoms with Gasteiger partial charge in [0, 0.05) is 0 Å². The summed E-state index contributed by atoms with van der Waals surface area (Å²) in [5, 5.41) is 142. The summed E-state index contributed by atoms with van der Waals surface area (Å²) in [5.41, 5.74) is 0. The van der Waals surface area contributed by atoms with Crippen molar-refractivity contribution in [2.24, 2.45) is 0 Å². The third-order valence-electron chi connectivity index (χ3n) is 8.20. The number of aliphatic hydroxyl groups excluding tert-OH is 14. The monoisotopic (exact) mass is 666 g/mol. The van der Waals surface area contributed by atoms with Gasteiger partial charge in [-0.05, 0) is 0 Å². The smallest absolute Gasteiger partial charge is 0.187 e. The maximum absolute atomic E-state index is 10.9. The van der Waals surface area contributed by atoms with Crippen LogP contribution in [-0.4, -0.2) is 221 Å². The highest BCUT2D eigenvalue weighted by molar-refractivity contribution is 4.97. The number of aliphatic hydroxyl groups is 14. The molecule has 0 amide bonds. The van der Waals surface area contributed by atoms with E-state index in [0.717, 1.165) is 0 Å². The zero-order valence-corrected chi connectivity index (χ0v) is 23.5. The van der Waals surface area contributed by atoms with E-state index in [9.17, 15) is 71.5 Å². The summed E-state index contributed by atoms with van der Waals surface area (Å²) in [7, 11) is 0. The van der Waals surface area contributed by atoms with E-state index in [1.165, 1.54) is 0 Å². The fraction of sp³-hybridized carbons (Fsp3) is 1.00. The fourth-order valence-corrected chi connectivity index (χ4v) is 5.55. The molecule has 4 rings (SSSR count). The molecular formula is C24H42O21. The van der Waals surface area contributed by atoms with Crippen LogP contribution >= 0.6 is 0 Å². The number of rotatable bonds is 10. The zero-order chi connectivity index (χ0) is 33.3. The van der Waals surface area contributed by atoms with Gasteiger partial charge in [0.15, 0.2) is 25.2 Å². The Labute approximate surface area is 254 Å². The quantitative estimate of drug-likeness (QED) is 0.103. The molecule has 4 saturated heterocycles. The van der Waals surface area contributed by atoms with Gasteiger partial charge < -0.3 is 105 Å². The molecule has 21 heteroatoms. The summed E-state index contributed by atoms with van der Waals surface area (Å²) in [5.74, 6) is 0. The van der Waals surface area contributed by atoms with E-state index in [1.807, 2.05) is 0 Å². The second-order valence-electron chi connectivity index (χ2n) is 11.1. The van der Waals surface area contributed by atoms with E-state index in [4.69, 9.17) is 33.2 Å². The molecule has 0 bridgehead atoms. The van der Waals surface area contributed by atoms with Gasteiger partial charge in [0.05, 0.1) is 26.4 Å². The van der Waals surface area contributed by atoms with Crippen LogP contribution in [-0.2, 0) is 33.2 Å². The zero-order valence-electron chi connectivity index (χ0n) is 23.5. The fourth-order valence-electron chi connectivity index (χ4n) is 5.55. The van der Waals surface area contributed by atoms with Gasteiger partial charge in [-0.15, -0.1) is 0 Å². The summed E-state index contributed by atoms with van der Waals surface area (Å²) >= 11 is 0. The SMILES string of the molecule is OC[C@H]1O[C@H](O[C@H]2[C@H](O)[C@@H](O)[C@@H](O[C@H]3[C@H](O)[C@@H](O)[C@H](O[C@H]4[C@H](O)[C@@H](O)C(O)O[C@@H]4CO)O[C@@H]3CO)O[C@@H]2CO)[C@H](O)[C@@H](O)[C@@H]1O. The van der Waals surface area contributed by atoms with E-state index >= 15 is 0 Å². The van der Waals surface area contributed by atoms with E-state index in [-0.39, 0.29) is 0 Å².